The molecule has 1 saturated heterocycles. The van der Waals surface area contributed by atoms with Crippen LogP contribution in [0.5, 0.6) is 0 Å². The highest BCUT2D eigenvalue weighted by Crippen LogP contribution is 2.47. The quantitative estimate of drug-likeness (QED) is 0.743. The predicted octanol–water partition coefficient (Wildman–Crippen LogP) is 4.65. The van der Waals surface area contributed by atoms with Gasteiger partial charge in [0.25, 0.3) is 0 Å². The molecular weight excluding hydrogens is 364 g/mol. The molecule has 5 nitrogen and oxygen atoms in total. The number of benzene rings is 1. The van der Waals surface area contributed by atoms with Gasteiger partial charge in [-0.2, -0.15) is 0 Å². The molecular formula is C24H28N2O3. The van der Waals surface area contributed by atoms with Crippen molar-refractivity contribution in [3.05, 3.63) is 65.5 Å². The summed E-state index contributed by atoms with van der Waals surface area (Å²) < 4.78 is 4.97. The van der Waals surface area contributed by atoms with E-state index in [0.717, 1.165) is 37.8 Å². The van der Waals surface area contributed by atoms with Crippen LogP contribution in [0.25, 0.3) is 0 Å². The molecule has 2 aliphatic rings. The number of cyclic esters (lactones) is 1. The predicted molar refractivity (Wildman–Crippen MR) is 110 cm³/mol. The van der Waals surface area contributed by atoms with E-state index in [4.69, 9.17) is 4.74 Å². The van der Waals surface area contributed by atoms with E-state index in [1.54, 1.807) is 0 Å². The normalized spacial score (nSPS) is 24.4. The van der Waals surface area contributed by atoms with Gasteiger partial charge in [-0.05, 0) is 73.6 Å². The number of aryl methyl sites for hydroxylation is 1. The fraction of sp³-hybridized carbons (Fsp3) is 0.458. The lowest BCUT2D eigenvalue weighted by molar-refractivity contribution is -0.130. The van der Waals surface area contributed by atoms with Crippen molar-refractivity contribution in [2.75, 3.05) is 13.2 Å². The molecule has 0 N–H and O–H groups in total. The third kappa shape index (κ3) is 4.50. The van der Waals surface area contributed by atoms with Crippen LogP contribution in [0.4, 0.5) is 4.79 Å². The van der Waals surface area contributed by atoms with Crippen LogP contribution in [0, 0.1) is 12.3 Å². The second-order valence-electron chi connectivity index (χ2n) is 8.50. The first-order chi connectivity index (χ1) is 14.0. The smallest absolute Gasteiger partial charge is 0.416 e. The van der Waals surface area contributed by atoms with Crippen LogP contribution in [-0.4, -0.2) is 35.0 Å². The summed E-state index contributed by atoms with van der Waals surface area (Å²) >= 11 is 0. The standard InChI is InChI=1S/C24H28N2O3/c1-18-15-21(9-12-25-18)20-7-10-24(11-8-20,16-19-5-3-2-4-6-19)17-22(27)26-13-14-29-23(26)28/h2-6,9,12,15,20H,7-8,10-11,13-14,16-17H2,1H3. The van der Waals surface area contributed by atoms with Gasteiger partial charge in [0.1, 0.15) is 6.61 Å². The third-order valence-corrected chi connectivity index (χ3v) is 6.45. The van der Waals surface area contributed by atoms with E-state index >= 15 is 0 Å². The molecule has 0 bridgehead atoms. The first-order valence-electron chi connectivity index (χ1n) is 10.5. The molecule has 0 spiro atoms. The topological polar surface area (TPSA) is 59.5 Å². The monoisotopic (exact) mass is 392 g/mol. The van der Waals surface area contributed by atoms with Crippen molar-refractivity contribution in [2.45, 2.75) is 51.4 Å². The van der Waals surface area contributed by atoms with Crippen LogP contribution in [0.15, 0.2) is 48.7 Å². The number of hydrogen-bond acceptors (Lipinski definition) is 4. The minimum atomic E-state index is -0.495. The third-order valence-electron chi connectivity index (χ3n) is 6.45. The van der Waals surface area contributed by atoms with E-state index in [2.05, 4.69) is 29.2 Å². The van der Waals surface area contributed by atoms with Gasteiger partial charge in [0, 0.05) is 18.3 Å². The maximum atomic E-state index is 12.9. The minimum absolute atomic E-state index is 0.0957. The Morgan fingerprint density at radius 1 is 1.21 bits per heavy atom. The lowest BCUT2D eigenvalue weighted by atomic mass is 9.64. The van der Waals surface area contributed by atoms with Gasteiger partial charge in [-0.1, -0.05) is 30.3 Å². The van der Waals surface area contributed by atoms with Crippen molar-refractivity contribution in [1.82, 2.24) is 9.88 Å². The summed E-state index contributed by atoms with van der Waals surface area (Å²) in [5.41, 5.74) is 3.54. The Morgan fingerprint density at radius 3 is 2.62 bits per heavy atom. The molecule has 2 aromatic rings. The Morgan fingerprint density at radius 2 is 1.97 bits per heavy atom. The molecule has 5 heteroatoms. The van der Waals surface area contributed by atoms with Crippen molar-refractivity contribution in [3.8, 4) is 0 Å². The Kier molecular flexibility index (Phi) is 5.65. The Bertz CT molecular complexity index is 873. The first-order valence-corrected chi connectivity index (χ1v) is 10.5. The molecule has 1 aromatic heterocycles. The highest BCUT2D eigenvalue weighted by Gasteiger charge is 2.40. The van der Waals surface area contributed by atoms with Crippen LogP contribution < -0.4 is 0 Å². The second-order valence-corrected chi connectivity index (χ2v) is 8.50. The van der Waals surface area contributed by atoms with Crippen molar-refractivity contribution >= 4 is 12.0 Å². The molecule has 0 radical (unpaired) electrons. The number of imide groups is 1. The zero-order valence-corrected chi connectivity index (χ0v) is 17.0. The highest BCUT2D eigenvalue weighted by atomic mass is 16.6. The summed E-state index contributed by atoms with van der Waals surface area (Å²) in [6, 6.07) is 14.7. The SMILES string of the molecule is Cc1cc(C2CCC(CC(=O)N3CCOC3=O)(Cc3ccccc3)CC2)ccn1. The molecule has 1 aromatic carbocycles. The minimum Gasteiger partial charge on any atom is -0.447 e. The molecule has 29 heavy (non-hydrogen) atoms. The van der Waals surface area contributed by atoms with Crippen molar-refractivity contribution in [2.24, 2.45) is 5.41 Å². The summed E-state index contributed by atoms with van der Waals surface area (Å²) in [5, 5.41) is 0. The summed E-state index contributed by atoms with van der Waals surface area (Å²) in [6.07, 6.45) is 6.71. The second kappa shape index (κ2) is 8.36. The van der Waals surface area contributed by atoms with Crippen LogP contribution in [-0.2, 0) is 16.0 Å². The van der Waals surface area contributed by atoms with Gasteiger partial charge in [0.05, 0.1) is 6.54 Å². The number of pyridine rings is 1. The van der Waals surface area contributed by atoms with Gasteiger partial charge >= 0.3 is 6.09 Å². The Balaban J connectivity index is 1.51. The lowest BCUT2D eigenvalue weighted by Gasteiger charge is -2.41. The molecule has 2 amide bonds. The van der Waals surface area contributed by atoms with Crippen LogP contribution in [0.1, 0.15) is 54.8 Å². The molecule has 0 atom stereocenters. The number of amides is 2. The van der Waals surface area contributed by atoms with Gasteiger partial charge in [-0.25, -0.2) is 9.69 Å². The first kappa shape index (κ1) is 19.6. The van der Waals surface area contributed by atoms with Crippen molar-refractivity contribution in [1.29, 1.82) is 0 Å². The average Bonchev–Trinajstić information content (AvgIpc) is 3.15. The Hall–Kier alpha value is -2.69. The van der Waals surface area contributed by atoms with E-state index in [-0.39, 0.29) is 11.3 Å². The number of aromatic nitrogens is 1. The molecule has 1 aliphatic heterocycles. The molecule has 1 saturated carbocycles. The maximum Gasteiger partial charge on any atom is 0.416 e. The molecule has 2 heterocycles. The number of rotatable bonds is 5. The molecule has 2 fully saturated rings. The molecule has 152 valence electrons. The highest BCUT2D eigenvalue weighted by molar-refractivity contribution is 5.93. The van der Waals surface area contributed by atoms with Gasteiger partial charge in [-0.3, -0.25) is 9.78 Å². The molecule has 0 unspecified atom stereocenters. The van der Waals surface area contributed by atoms with E-state index in [0.29, 0.717) is 25.5 Å². The van der Waals surface area contributed by atoms with Gasteiger partial charge in [0.2, 0.25) is 5.91 Å². The van der Waals surface area contributed by atoms with Crippen LogP contribution >= 0.6 is 0 Å². The van der Waals surface area contributed by atoms with E-state index in [1.165, 1.54) is 16.0 Å². The summed E-state index contributed by atoms with van der Waals surface area (Å²) in [7, 11) is 0. The van der Waals surface area contributed by atoms with Gasteiger partial charge in [0.15, 0.2) is 0 Å². The fourth-order valence-electron chi connectivity index (χ4n) is 4.87. The van der Waals surface area contributed by atoms with Crippen LogP contribution in [0.2, 0.25) is 0 Å². The number of carbonyl (C=O) groups is 2. The molecule has 4 rings (SSSR count). The number of carbonyl (C=O) groups excluding carboxylic acids is 2. The molecule has 1 aliphatic carbocycles. The number of nitrogens with zero attached hydrogens (tertiary/aromatic N) is 2. The Labute approximate surface area is 172 Å². The van der Waals surface area contributed by atoms with Crippen molar-refractivity contribution in [3.63, 3.8) is 0 Å². The fourth-order valence-corrected chi connectivity index (χ4v) is 4.87. The average molecular weight is 392 g/mol. The number of hydrogen-bond donors (Lipinski definition) is 0. The van der Waals surface area contributed by atoms with E-state index < -0.39 is 6.09 Å². The van der Waals surface area contributed by atoms with Gasteiger partial charge in [-0.15, -0.1) is 0 Å². The van der Waals surface area contributed by atoms with Crippen LogP contribution in [0.3, 0.4) is 0 Å². The lowest BCUT2D eigenvalue weighted by Crippen LogP contribution is -2.39. The zero-order chi connectivity index (χ0) is 20.3. The maximum absolute atomic E-state index is 12.9. The van der Waals surface area contributed by atoms with Crippen molar-refractivity contribution < 1.29 is 14.3 Å². The zero-order valence-electron chi connectivity index (χ0n) is 17.0. The number of ether oxygens (including phenoxy) is 1. The van der Waals surface area contributed by atoms with E-state index in [1.807, 2.05) is 31.3 Å². The summed E-state index contributed by atoms with van der Waals surface area (Å²) in [6.45, 7) is 2.71. The summed E-state index contributed by atoms with van der Waals surface area (Å²) in [4.78, 5) is 30.4. The van der Waals surface area contributed by atoms with Gasteiger partial charge < -0.3 is 4.74 Å². The summed E-state index contributed by atoms with van der Waals surface area (Å²) in [5.74, 6) is 0.411. The largest absolute Gasteiger partial charge is 0.447 e. The van der Waals surface area contributed by atoms with E-state index in [9.17, 15) is 9.59 Å².